The number of nitrogens with one attached hydrogen (secondary N) is 2. The predicted octanol–water partition coefficient (Wildman–Crippen LogP) is 6.77. The second kappa shape index (κ2) is 8.69. The van der Waals surface area contributed by atoms with Crippen LogP contribution in [-0.4, -0.2) is 10.6 Å². The summed E-state index contributed by atoms with van der Waals surface area (Å²) in [6.45, 7) is 4.01. The molecule has 7 heteroatoms. The van der Waals surface area contributed by atoms with Crippen LogP contribution in [0.4, 0.5) is 16.2 Å². The molecule has 32 heavy (non-hydrogen) atoms. The number of aromatic nitrogens is 1. The second-order valence-electron chi connectivity index (χ2n) is 7.64. The molecule has 4 aromatic rings. The van der Waals surface area contributed by atoms with Crippen LogP contribution < -0.4 is 16.2 Å². The lowest BCUT2D eigenvalue weighted by Crippen LogP contribution is -2.28. The Kier molecular flexibility index (Phi) is 5.96. The number of rotatable bonds is 3. The Labute approximate surface area is 195 Å². The van der Waals surface area contributed by atoms with Crippen LogP contribution in [0.15, 0.2) is 65.5 Å². The number of anilines is 2. The first-order valence-electron chi connectivity index (χ1n) is 9.98. The van der Waals surface area contributed by atoms with Gasteiger partial charge in [0, 0.05) is 39.3 Å². The van der Waals surface area contributed by atoms with E-state index in [1.54, 1.807) is 37.4 Å². The fourth-order valence-corrected chi connectivity index (χ4v) is 4.12. The molecular weight excluding hydrogens is 445 g/mol. The van der Waals surface area contributed by atoms with Gasteiger partial charge in [-0.15, -0.1) is 0 Å². The lowest BCUT2D eigenvalue weighted by Gasteiger charge is -2.19. The molecule has 0 spiro atoms. The minimum absolute atomic E-state index is 0.149. The van der Waals surface area contributed by atoms with Gasteiger partial charge in [-0.2, -0.15) is 0 Å². The Morgan fingerprint density at radius 1 is 0.906 bits per heavy atom. The summed E-state index contributed by atoms with van der Waals surface area (Å²) in [5.74, 6) is 0. The molecule has 0 unspecified atom stereocenters. The number of nitrogens with zero attached hydrogens (tertiary/aromatic N) is 1. The maximum absolute atomic E-state index is 13.4. The first-order chi connectivity index (χ1) is 15.3. The van der Waals surface area contributed by atoms with Gasteiger partial charge in [0.2, 0.25) is 0 Å². The number of hydrogen-bond acceptors (Lipinski definition) is 2. The Hall–Kier alpha value is -3.28. The van der Waals surface area contributed by atoms with E-state index in [2.05, 4.69) is 10.6 Å². The number of halogens is 2. The van der Waals surface area contributed by atoms with Crippen LogP contribution in [0, 0.1) is 13.8 Å². The number of pyridine rings is 1. The van der Waals surface area contributed by atoms with Crippen LogP contribution in [0.25, 0.3) is 22.0 Å². The van der Waals surface area contributed by atoms with Gasteiger partial charge in [0.25, 0.3) is 5.56 Å². The maximum atomic E-state index is 13.4. The van der Waals surface area contributed by atoms with Gasteiger partial charge in [-0.1, -0.05) is 47.5 Å². The first kappa shape index (κ1) is 21.9. The van der Waals surface area contributed by atoms with Gasteiger partial charge < -0.3 is 15.2 Å². The molecule has 0 bridgehead atoms. The van der Waals surface area contributed by atoms with E-state index in [4.69, 9.17) is 23.2 Å². The van der Waals surface area contributed by atoms with E-state index in [-0.39, 0.29) is 11.2 Å². The Bertz CT molecular complexity index is 1430. The number of benzene rings is 3. The molecule has 0 saturated heterocycles. The molecule has 0 fully saturated rings. The number of amides is 2. The number of aryl methyl sites for hydroxylation is 3. The summed E-state index contributed by atoms with van der Waals surface area (Å²) in [6.07, 6.45) is 0. The minimum Gasteiger partial charge on any atom is -0.310 e. The van der Waals surface area contributed by atoms with Crippen molar-refractivity contribution in [2.24, 2.45) is 7.05 Å². The van der Waals surface area contributed by atoms with Crippen molar-refractivity contribution in [2.75, 3.05) is 10.6 Å². The number of fused-ring (bicyclic) bond motifs is 1. The second-order valence-corrected chi connectivity index (χ2v) is 8.48. The standard InChI is InChI=1S/C25H21Cl2N3O2/c1-14-11-19-21(12-15(14)2)30(3)24(31)23(22(19)18-9-4-5-10-20(18)27)29-25(32)28-17-8-6-7-16(26)13-17/h4-13H,1-3H3,(H2,28,29,32). The zero-order valence-corrected chi connectivity index (χ0v) is 19.3. The molecule has 0 aliphatic rings. The third-order valence-electron chi connectivity index (χ3n) is 5.48. The van der Waals surface area contributed by atoms with Crippen molar-refractivity contribution in [3.63, 3.8) is 0 Å². The normalized spacial score (nSPS) is 10.9. The molecule has 3 aromatic carbocycles. The zero-order valence-electron chi connectivity index (χ0n) is 17.8. The lowest BCUT2D eigenvalue weighted by atomic mass is 9.96. The highest BCUT2D eigenvalue weighted by atomic mass is 35.5. The van der Waals surface area contributed by atoms with E-state index in [1.165, 1.54) is 4.57 Å². The quantitative estimate of drug-likeness (QED) is 0.350. The lowest BCUT2D eigenvalue weighted by molar-refractivity contribution is 0.262. The van der Waals surface area contributed by atoms with Crippen LogP contribution in [0.3, 0.4) is 0 Å². The average Bonchev–Trinajstić information content (AvgIpc) is 2.74. The maximum Gasteiger partial charge on any atom is 0.323 e. The summed E-state index contributed by atoms with van der Waals surface area (Å²) in [5.41, 5.74) is 4.46. The fourth-order valence-electron chi connectivity index (χ4n) is 3.70. The van der Waals surface area contributed by atoms with Gasteiger partial charge in [-0.25, -0.2) is 4.79 Å². The van der Waals surface area contributed by atoms with Gasteiger partial charge in [-0.05, 0) is 61.4 Å². The molecule has 0 aliphatic carbocycles. The van der Waals surface area contributed by atoms with E-state index in [1.807, 2.05) is 44.2 Å². The molecule has 5 nitrogen and oxygen atoms in total. The summed E-state index contributed by atoms with van der Waals surface area (Å²) in [4.78, 5) is 26.2. The summed E-state index contributed by atoms with van der Waals surface area (Å²) in [6, 6.07) is 17.5. The van der Waals surface area contributed by atoms with E-state index in [0.717, 1.165) is 22.0 Å². The molecule has 162 valence electrons. The Morgan fingerprint density at radius 3 is 2.34 bits per heavy atom. The van der Waals surface area contributed by atoms with Crippen molar-refractivity contribution >= 4 is 51.5 Å². The summed E-state index contributed by atoms with van der Waals surface area (Å²) < 4.78 is 1.54. The van der Waals surface area contributed by atoms with Crippen molar-refractivity contribution in [3.05, 3.63) is 92.2 Å². The topological polar surface area (TPSA) is 63.1 Å². The molecule has 0 atom stereocenters. The number of hydrogen-bond donors (Lipinski definition) is 2. The van der Waals surface area contributed by atoms with E-state index >= 15 is 0 Å². The van der Waals surface area contributed by atoms with Crippen LogP contribution in [-0.2, 0) is 7.05 Å². The van der Waals surface area contributed by atoms with E-state index in [9.17, 15) is 9.59 Å². The molecular formula is C25H21Cl2N3O2. The van der Waals surface area contributed by atoms with Crippen LogP contribution in [0.2, 0.25) is 10.0 Å². The zero-order chi connectivity index (χ0) is 23.0. The average molecular weight is 466 g/mol. The molecule has 4 rings (SSSR count). The fraction of sp³-hybridized carbons (Fsp3) is 0.120. The highest BCUT2D eigenvalue weighted by molar-refractivity contribution is 6.34. The third kappa shape index (κ3) is 4.09. The molecule has 0 saturated carbocycles. The summed E-state index contributed by atoms with van der Waals surface area (Å²) in [5, 5.41) is 7.28. The predicted molar refractivity (Wildman–Crippen MR) is 133 cm³/mol. The Balaban J connectivity index is 1.93. The minimum atomic E-state index is -0.555. The molecule has 1 aromatic heterocycles. The largest absolute Gasteiger partial charge is 0.323 e. The van der Waals surface area contributed by atoms with Gasteiger partial charge in [-0.3, -0.25) is 4.79 Å². The Morgan fingerprint density at radius 2 is 1.62 bits per heavy atom. The number of urea groups is 1. The monoisotopic (exact) mass is 465 g/mol. The number of carbonyl (C=O) groups is 1. The molecule has 2 N–H and O–H groups in total. The third-order valence-corrected chi connectivity index (χ3v) is 6.04. The summed E-state index contributed by atoms with van der Waals surface area (Å²) in [7, 11) is 1.69. The van der Waals surface area contributed by atoms with Gasteiger partial charge >= 0.3 is 6.03 Å². The highest BCUT2D eigenvalue weighted by Gasteiger charge is 2.21. The molecule has 1 heterocycles. The molecule has 2 amide bonds. The van der Waals surface area contributed by atoms with Crippen molar-refractivity contribution < 1.29 is 4.79 Å². The van der Waals surface area contributed by atoms with Gasteiger partial charge in [0.05, 0.1) is 5.52 Å². The highest BCUT2D eigenvalue weighted by Crippen LogP contribution is 2.38. The van der Waals surface area contributed by atoms with Gasteiger partial charge in [0.15, 0.2) is 0 Å². The van der Waals surface area contributed by atoms with Crippen molar-refractivity contribution in [1.82, 2.24) is 4.57 Å². The van der Waals surface area contributed by atoms with Crippen molar-refractivity contribution in [3.8, 4) is 11.1 Å². The van der Waals surface area contributed by atoms with Crippen LogP contribution in [0.5, 0.6) is 0 Å². The van der Waals surface area contributed by atoms with E-state index in [0.29, 0.717) is 26.9 Å². The van der Waals surface area contributed by atoms with Crippen molar-refractivity contribution in [1.29, 1.82) is 0 Å². The van der Waals surface area contributed by atoms with Gasteiger partial charge in [0.1, 0.15) is 5.69 Å². The van der Waals surface area contributed by atoms with Crippen LogP contribution in [0.1, 0.15) is 11.1 Å². The van der Waals surface area contributed by atoms with E-state index < -0.39 is 6.03 Å². The van der Waals surface area contributed by atoms with Crippen LogP contribution >= 0.6 is 23.2 Å². The smallest absolute Gasteiger partial charge is 0.310 e. The first-order valence-corrected chi connectivity index (χ1v) is 10.7. The van der Waals surface area contributed by atoms with Crippen molar-refractivity contribution in [2.45, 2.75) is 13.8 Å². The molecule has 0 radical (unpaired) electrons. The number of carbonyl (C=O) groups excluding carboxylic acids is 1. The molecule has 0 aliphatic heterocycles. The SMILES string of the molecule is Cc1cc2c(-c3ccccc3Cl)c(NC(=O)Nc3cccc(Cl)c3)c(=O)n(C)c2cc1C. The summed E-state index contributed by atoms with van der Waals surface area (Å²) >= 11 is 12.5.